The summed E-state index contributed by atoms with van der Waals surface area (Å²) in [5, 5.41) is 13.3. The number of amides is 2. The summed E-state index contributed by atoms with van der Waals surface area (Å²) in [6.07, 6.45) is 4.00. The first-order valence-electron chi connectivity index (χ1n) is 12.2. The van der Waals surface area contributed by atoms with Crippen LogP contribution in [0.4, 0.5) is 9.80 Å². The smallest absolute Gasteiger partial charge is 0.410 e. The van der Waals surface area contributed by atoms with Crippen LogP contribution in [0.15, 0.2) is 30.7 Å². The number of hydrogen-bond donors (Lipinski definition) is 1. The number of nitriles is 1. The third kappa shape index (κ3) is 6.12. The van der Waals surface area contributed by atoms with Crippen molar-refractivity contribution >= 4 is 28.3 Å². The Kier molecular flexibility index (Phi) is 8.14. The Morgan fingerprint density at radius 2 is 2.14 bits per heavy atom. The lowest BCUT2D eigenvalue weighted by Crippen LogP contribution is -2.36. The van der Waals surface area contributed by atoms with Gasteiger partial charge in [0.05, 0.1) is 37.8 Å². The van der Waals surface area contributed by atoms with Gasteiger partial charge in [0.15, 0.2) is 0 Å². The SMILES string of the molecule is COc1ccc(C)cc1C(C)CC(=O)Nc1sc2c(c1C#N)CCN(C(=O)OCCn1cnc(C)c1)C2. The lowest BCUT2D eigenvalue weighted by atomic mass is 9.95. The first-order chi connectivity index (χ1) is 17.8. The normalized spacial score (nSPS) is 13.4. The number of hydrogen-bond acceptors (Lipinski definition) is 7. The van der Waals surface area contributed by atoms with E-state index in [4.69, 9.17) is 9.47 Å². The molecule has 10 heteroatoms. The molecule has 0 radical (unpaired) electrons. The molecule has 3 heterocycles. The minimum absolute atomic E-state index is 0.0635. The largest absolute Gasteiger partial charge is 0.496 e. The molecule has 1 aromatic carbocycles. The third-order valence-corrected chi connectivity index (χ3v) is 7.56. The Morgan fingerprint density at radius 3 is 2.84 bits per heavy atom. The van der Waals surface area contributed by atoms with Crippen molar-refractivity contribution in [3.63, 3.8) is 0 Å². The van der Waals surface area contributed by atoms with Gasteiger partial charge in [0.25, 0.3) is 0 Å². The van der Waals surface area contributed by atoms with Crippen LogP contribution < -0.4 is 10.1 Å². The van der Waals surface area contributed by atoms with Gasteiger partial charge in [-0.2, -0.15) is 5.26 Å². The van der Waals surface area contributed by atoms with Crippen LogP contribution in [0.1, 0.15) is 52.1 Å². The molecule has 3 aromatic rings. The summed E-state index contributed by atoms with van der Waals surface area (Å²) in [6.45, 7) is 7.49. The number of aromatic nitrogens is 2. The van der Waals surface area contributed by atoms with Crippen molar-refractivity contribution in [2.75, 3.05) is 25.6 Å². The molecule has 2 amide bonds. The lowest BCUT2D eigenvalue weighted by Gasteiger charge is -2.26. The minimum atomic E-state index is -0.388. The van der Waals surface area contributed by atoms with E-state index < -0.39 is 0 Å². The van der Waals surface area contributed by atoms with Crippen LogP contribution in [0.25, 0.3) is 0 Å². The van der Waals surface area contributed by atoms with E-state index in [2.05, 4.69) is 16.4 Å². The van der Waals surface area contributed by atoms with Gasteiger partial charge in [0.1, 0.15) is 23.4 Å². The van der Waals surface area contributed by atoms with Crippen molar-refractivity contribution in [2.45, 2.75) is 52.6 Å². The summed E-state index contributed by atoms with van der Waals surface area (Å²) in [6, 6.07) is 8.17. The van der Waals surface area contributed by atoms with Gasteiger partial charge in [-0.25, -0.2) is 9.78 Å². The van der Waals surface area contributed by atoms with Crippen LogP contribution in [0.2, 0.25) is 0 Å². The molecule has 2 aromatic heterocycles. The van der Waals surface area contributed by atoms with Crippen molar-refractivity contribution in [2.24, 2.45) is 0 Å². The highest BCUT2D eigenvalue weighted by Gasteiger charge is 2.28. The van der Waals surface area contributed by atoms with Gasteiger partial charge in [0.2, 0.25) is 5.91 Å². The Balaban J connectivity index is 1.37. The number of anilines is 1. The maximum absolute atomic E-state index is 12.9. The van der Waals surface area contributed by atoms with Crippen LogP contribution in [0, 0.1) is 25.2 Å². The van der Waals surface area contributed by atoms with E-state index in [0.29, 0.717) is 36.6 Å². The van der Waals surface area contributed by atoms with Gasteiger partial charge < -0.3 is 24.3 Å². The molecule has 0 saturated carbocycles. The lowest BCUT2D eigenvalue weighted by molar-refractivity contribution is -0.116. The number of carbonyl (C=O) groups excluding carboxylic acids is 2. The molecule has 0 fully saturated rings. The maximum Gasteiger partial charge on any atom is 0.410 e. The molecule has 37 heavy (non-hydrogen) atoms. The van der Waals surface area contributed by atoms with Gasteiger partial charge in [0, 0.05) is 24.0 Å². The molecule has 1 aliphatic heterocycles. The van der Waals surface area contributed by atoms with Crippen molar-refractivity contribution in [1.82, 2.24) is 14.5 Å². The summed E-state index contributed by atoms with van der Waals surface area (Å²) in [7, 11) is 1.62. The molecular formula is C27H31N5O4S. The number of benzene rings is 1. The predicted molar refractivity (Wildman–Crippen MR) is 141 cm³/mol. The average molecular weight is 522 g/mol. The number of methoxy groups -OCH3 is 1. The van der Waals surface area contributed by atoms with Gasteiger partial charge in [-0.3, -0.25) is 4.79 Å². The number of rotatable bonds is 8. The van der Waals surface area contributed by atoms with E-state index in [1.807, 2.05) is 49.7 Å². The van der Waals surface area contributed by atoms with E-state index >= 15 is 0 Å². The zero-order chi connectivity index (χ0) is 26.5. The number of fused-ring (bicyclic) bond motifs is 1. The Morgan fingerprint density at radius 1 is 1.32 bits per heavy atom. The molecule has 0 bridgehead atoms. The fourth-order valence-electron chi connectivity index (χ4n) is 4.49. The second kappa shape index (κ2) is 11.5. The van der Waals surface area contributed by atoms with Crippen LogP contribution in [-0.2, 0) is 29.0 Å². The van der Waals surface area contributed by atoms with Crippen molar-refractivity contribution in [3.8, 4) is 11.8 Å². The minimum Gasteiger partial charge on any atom is -0.496 e. The number of nitrogens with one attached hydrogen (secondary N) is 1. The maximum atomic E-state index is 12.9. The highest BCUT2D eigenvalue weighted by Crippen LogP contribution is 2.37. The molecular weight excluding hydrogens is 490 g/mol. The summed E-state index contributed by atoms with van der Waals surface area (Å²) >= 11 is 1.35. The van der Waals surface area contributed by atoms with Gasteiger partial charge in [-0.15, -0.1) is 11.3 Å². The number of ether oxygens (including phenoxy) is 2. The molecule has 1 atom stereocenters. The second-order valence-electron chi connectivity index (χ2n) is 9.26. The van der Waals surface area contributed by atoms with Crippen molar-refractivity contribution in [1.29, 1.82) is 5.26 Å². The number of aryl methyl sites for hydroxylation is 2. The van der Waals surface area contributed by atoms with E-state index in [9.17, 15) is 14.9 Å². The quantitative estimate of drug-likeness (QED) is 0.457. The van der Waals surface area contributed by atoms with Gasteiger partial charge in [-0.1, -0.05) is 24.6 Å². The summed E-state index contributed by atoms with van der Waals surface area (Å²) in [5.41, 5.74) is 4.36. The Labute approximate surface area is 220 Å². The first-order valence-corrected chi connectivity index (χ1v) is 13.0. The molecule has 0 saturated heterocycles. The van der Waals surface area contributed by atoms with Crippen molar-refractivity contribution < 1.29 is 19.1 Å². The first kappa shape index (κ1) is 26.2. The molecule has 0 spiro atoms. The fourth-order valence-corrected chi connectivity index (χ4v) is 5.72. The number of carbonyl (C=O) groups is 2. The van der Waals surface area contributed by atoms with Crippen LogP contribution in [0.5, 0.6) is 5.75 Å². The van der Waals surface area contributed by atoms with Crippen LogP contribution in [-0.4, -0.2) is 46.7 Å². The zero-order valence-corrected chi connectivity index (χ0v) is 22.4. The standard InChI is InChI=1S/C27H31N5O4S/c1-17-5-6-23(35-4)21(11-17)18(2)12-25(33)30-26-22(13-28)20-7-8-32(15-24(20)37-26)27(34)36-10-9-31-14-19(3)29-16-31/h5-6,11,14,16,18H,7-10,12,15H2,1-4H3,(H,30,33). The third-order valence-electron chi connectivity index (χ3n) is 6.42. The molecule has 1 N–H and O–H groups in total. The van der Waals surface area contributed by atoms with Crippen LogP contribution >= 0.6 is 11.3 Å². The van der Waals surface area contributed by atoms with E-state index in [0.717, 1.165) is 33.0 Å². The second-order valence-corrected chi connectivity index (χ2v) is 10.4. The molecule has 4 rings (SSSR count). The number of nitrogens with zero attached hydrogens (tertiary/aromatic N) is 4. The van der Waals surface area contributed by atoms with Crippen molar-refractivity contribution in [3.05, 3.63) is 63.5 Å². The summed E-state index contributed by atoms with van der Waals surface area (Å²) in [4.78, 5) is 32.2. The average Bonchev–Trinajstić information content (AvgIpc) is 3.45. The molecule has 0 aliphatic carbocycles. The van der Waals surface area contributed by atoms with Gasteiger partial charge >= 0.3 is 6.09 Å². The Bertz CT molecular complexity index is 1340. The highest BCUT2D eigenvalue weighted by molar-refractivity contribution is 7.16. The summed E-state index contributed by atoms with van der Waals surface area (Å²) in [5.74, 6) is 0.519. The van der Waals surface area contributed by atoms with E-state index in [-0.39, 0.29) is 30.9 Å². The number of imidazole rings is 1. The molecule has 194 valence electrons. The fraction of sp³-hybridized carbons (Fsp3) is 0.407. The summed E-state index contributed by atoms with van der Waals surface area (Å²) < 4.78 is 12.8. The Hall–Kier alpha value is -3.84. The van der Waals surface area contributed by atoms with E-state index in [1.54, 1.807) is 18.3 Å². The zero-order valence-electron chi connectivity index (χ0n) is 21.5. The molecule has 1 unspecified atom stereocenters. The molecule has 9 nitrogen and oxygen atoms in total. The van der Waals surface area contributed by atoms with Gasteiger partial charge in [-0.05, 0) is 43.4 Å². The topological polar surface area (TPSA) is 109 Å². The van der Waals surface area contributed by atoms with E-state index in [1.165, 1.54) is 11.3 Å². The number of thiophene rings is 1. The van der Waals surface area contributed by atoms with Crippen LogP contribution in [0.3, 0.4) is 0 Å². The molecule has 1 aliphatic rings. The highest BCUT2D eigenvalue weighted by atomic mass is 32.1. The predicted octanol–water partition coefficient (Wildman–Crippen LogP) is 4.77. The monoisotopic (exact) mass is 521 g/mol.